The smallest absolute Gasteiger partial charge is 0.252 e. The van der Waals surface area contributed by atoms with Gasteiger partial charge in [0.1, 0.15) is 5.84 Å². The Balaban J connectivity index is 1.55. The lowest BCUT2D eigenvalue weighted by molar-refractivity contribution is -0.123. The third-order valence-corrected chi connectivity index (χ3v) is 5.90. The van der Waals surface area contributed by atoms with Gasteiger partial charge < -0.3 is 0 Å². The fourth-order valence-corrected chi connectivity index (χ4v) is 4.16. The molecule has 0 radical (unpaired) electrons. The van der Waals surface area contributed by atoms with Crippen LogP contribution in [0.25, 0.3) is 12.2 Å². The SMILES string of the molecule is O=C(/C=C/c1ccc(Cl)cc1)N1C(/C=C/c2ccc(Cl)cc2)=N[C@H]2CCCC[C@@H]21. The first-order valence-electron chi connectivity index (χ1n) is 9.88. The van der Waals surface area contributed by atoms with E-state index in [2.05, 4.69) is 0 Å². The molecule has 4 rings (SSSR count). The van der Waals surface area contributed by atoms with Crippen LogP contribution in [-0.4, -0.2) is 28.7 Å². The topological polar surface area (TPSA) is 32.7 Å². The Labute approximate surface area is 181 Å². The van der Waals surface area contributed by atoms with Crippen molar-refractivity contribution in [3.8, 4) is 0 Å². The zero-order valence-electron chi connectivity index (χ0n) is 16.0. The molecule has 1 amide bonds. The second-order valence-electron chi connectivity index (χ2n) is 7.38. The minimum Gasteiger partial charge on any atom is -0.288 e. The summed E-state index contributed by atoms with van der Waals surface area (Å²) in [6.07, 6.45) is 11.7. The second kappa shape index (κ2) is 8.98. The molecule has 2 aliphatic rings. The van der Waals surface area contributed by atoms with Crippen molar-refractivity contribution in [1.29, 1.82) is 0 Å². The average Bonchev–Trinajstić information content (AvgIpc) is 3.11. The van der Waals surface area contributed by atoms with Gasteiger partial charge in [0.25, 0.3) is 5.91 Å². The molecule has 148 valence electrons. The van der Waals surface area contributed by atoms with Gasteiger partial charge in [0.05, 0.1) is 12.1 Å². The Hall–Kier alpha value is -2.36. The minimum absolute atomic E-state index is 0.0335. The van der Waals surface area contributed by atoms with Crippen molar-refractivity contribution in [2.75, 3.05) is 0 Å². The fourth-order valence-electron chi connectivity index (χ4n) is 3.91. The molecule has 5 heteroatoms. The molecule has 1 fully saturated rings. The predicted octanol–water partition coefficient (Wildman–Crippen LogP) is 6.27. The number of rotatable bonds is 4. The van der Waals surface area contributed by atoms with Gasteiger partial charge in [-0.1, -0.05) is 66.4 Å². The van der Waals surface area contributed by atoms with Crippen LogP contribution < -0.4 is 0 Å². The molecule has 1 aliphatic heterocycles. The van der Waals surface area contributed by atoms with Crippen molar-refractivity contribution in [2.45, 2.75) is 37.8 Å². The molecule has 1 saturated carbocycles. The highest BCUT2D eigenvalue weighted by Crippen LogP contribution is 2.31. The quantitative estimate of drug-likeness (QED) is 0.532. The molecule has 29 heavy (non-hydrogen) atoms. The summed E-state index contributed by atoms with van der Waals surface area (Å²) >= 11 is 11.9. The van der Waals surface area contributed by atoms with Crippen LogP contribution in [0.3, 0.4) is 0 Å². The normalized spacial score (nSPS) is 21.6. The van der Waals surface area contributed by atoms with E-state index in [9.17, 15) is 4.79 Å². The summed E-state index contributed by atoms with van der Waals surface area (Å²) < 4.78 is 0. The summed E-state index contributed by atoms with van der Waals surface area (Å²) in [6.45, 7) is 0. The van der Waals surface area contributed by atoms with Crippen LogP contribution in [0.2, 0.25) is 10.0 Å². The van der Waals surface area contributed by atoms with E-state index in [0.717, 1.165) is 36.2 Å². The van der Waals surface area contributed by atoms with E-state index >= 15 is 0 Å². The fraction of sp³-hybridized carbons (Fsp3) is 0.250. The number of fused-ring (bicyclic) bond motifs is 1. The predicted molar refractivity (Wildman–Crippen MR) is 121 cm³/mol. The monoisotopic (exact) mass is 424 g/mol. The summed E-state index contributed by atoms with van der Waals surface area (Å²) in [4.78, 5) is 19.8. The van der Waals surface area contributed by atoms with E-state index in [1.54, 1.807) is 6.08 Å². The van der Waals surface area contributed by atoms with Crippen molar-refractivity contribution < 1.29 is 4.79 Å². The van der Waals surface area contributed by atoms with Crippen LogP contribution in [0.15, 0.2) is 65.7 Å². The highest BCUT2D eigenvalue weighted by Gasteiger charge is 2.39. The van der Waals surface area contributed by atoms with Gasteiger partial charge in [-0.15, -0.1) is 0 Å². The van der Waals surface area contributed by atoms with E-state index in [4.69, 9.17) is 28.2 Å². The molecule has 2 atom stereocenters. The molecule has 2 aromatic rings. The Bertz CT molecular complexity index is 961. The van der Waals surface area contributed by atoms with Gasteiger partial charge in [-0.25, -0.2) is 0 Å². The van der Waals surface area contributed by atoms with Gasteiger partial charge in [0, 0.05) is 16.1 Å². The standard InChI is InChI=1S/C24H22Cl2N2O/c25-19-11-5-17(6-12-19)9-15-23-27-21-3-1-2-4-22(21)28(23)24(29)16-10-18-7-13-20(26)14-8-18/h5-16,21-22H,1-4H2/b15-9+,16-10+/t21-,22-/m0/s1. The molecule has 0 unspecified atom stereocenters. The van der Waals surface area contributed by atoms with Crippen LogP contribution in [0.1, 0.15) is 36.8 Å². The van der Waals surface area contributed by atoms with Gasteiger partial charge in [0.2, 0.25) is 0 Å². The summed E-state index contributed by atoms with van der Waals surface area (Å²) in [6, 6.07) is 15.4. The second-order valence-corrected chi connectivity index (χ2v) is 8.26. The molecule has 1 aliphatic carbocycles. The van der Waals surface area contributed by atoms with Crippen molar-refractivity contribution in [3.63, 3.8) is 0 Å². The molecule has 0 aromatic heterocycles. The lowest BCUT2D eigenvalue weighted by Crippen LogP contribution is -2.44. The highest BCUT2D eigenvalue weighted by molar-refractivity contribution is 6.30. The minimum atomic E-state index is -0.0335. The van der Waals surface area contributed by atoms with Gasteiger partial charge >= 0.3 is 0 Å². The number of benzene rings is 2. The van der Waals surface area contributed by atoms with Crippen LogP contribution >= 0.6 is 23.2 Å². The summed E-state index contributed by atoms with van der Waals surface area (Å²) in [5.74, 6) is 0.705. The van der Waals surface area contributed by atoms with Crippen molar-refractivity contribution in [3.05, 3.63) is 81.9 Å². The molecule has 2 aromatic carbocycles. The third-order valence-electron chi connectivity index (χ3n) is 5.39. The van der Waals surface area contributed by atoms with Gasteiger partial charge in [-0.05, 0) is 60.4 Å². The van der Waals surface area contributed by atoms with Gasteiger partial charge in [-0.3, -0.25) is 14.7 Å². The molecular weight excluding hydrogens is 403 g/mol. The largest absolute Gasteiger partial charge is 0.288 e. The molecule has 0 spiro atoms. The number of carbonyl (C=O) groups excluding carboxylic acids is 1. The molecular formula is C24H22Cl2N2O. The number of halogens is 2. The average molecular weight is 425 g/mol. The molecule has 1 heterocycles. The Morgan fingerprint density at radius 2 is 1.45 bits per heavy atom. The van der Waals surface area contributed by atoms with Gasteiger partial charge in [-0.2, -0.15) is 0 Å². The number of hydrogen-bond acceptors (Lipinski definition) is 2. The summed E-state index contributed by atoms with van der Waals surface area (Å²) in [7, 11) is 0. The highest BCUT2D eigenvalue weighted by atomic mass is 35.5. The van der Waals surface area contributed by atoms with Crippen molar-refractivity contribution in [1.82, 2.24) is 4.90 Å². The van der Waals surface area contributed by atoms with E-state index in [0.29, 0.717) is 10.0 Å². The number of carbonyl (C=O) groups is 1. The number of aliphatic imine (C=N–C) groups is 1. The first kappa shape index (κ1) is 19.9. The number of amidine groups is 1. The van der Waals surface area contributed by atoms with Crippen molar-refractivity contribution in [2.24, 2.45) is 4.99 Å². The Kier molecular flexibility index (Phi) is 6.17. The van der Waals surface area contributed by atoms with E-state index < -0.39 is 0 Å². The maximum atomic E-state index is 13.1. The maximum absolute atomic E-state index is 13.1. The number of nitrogens with zero attached hydrogens (tertiary/aromatic N) is 2. The van der Waals surface area contributed by atoms with E-state index in [-0.39, 0.29) is 18.0 Å². The molecule has 0 bridgehead atoms. The van der Waals surface area contributed by atoms with Crippen molar-refractivity contribution >= 4 is 47.1 Å². The lowest BCUT2D eigenvalue weighted by atomic mass is 9.91. The van der Waals surface area contributed by atoms with E-state index in [1.165, 1.54) is 6.42 Å². The zero-order valence-corrected chi connectivity index (χ0v) is 17.5. The van der Waals surface area contributed by atoms with Crippen LogP contribution in [0, 0.1) is 0 Å². The first-order chi connectivity index (χ1) is 14.1. The van der Waals surface area contributed by atoms with Crippen LogP contribution in [-0.2, 0) is 4.79 Å². The first-order valence-corrected chi connectivity index (χ1v) is 10.6. The zero-order chi connectivity index (χ0) is 20.2. The van der Waals surface area contributed by atoms with Gasteiger partial charge in [0.15, 0.2) is 0 Å². The maximum Gasteiger partial charge on any atom is 0.252 e. The summed E-state index contributed by atoms with van der Waals surface area (Å²) in [5, 5.41) is 1.38. The third kappa shape index (κ3) is 4.80. The van der Waals surface area contributed by atoms with Crippen LogP contribution in [0.4, 0.5) is 0 Å². The van der Waals surface area contributed by atoms with Crippen LogP contribution in [0.5, 0.6) is 0 Å². The Morgan fingerprint density at radius 1 is 0.862 bits per heavy atom. The number of hydrogen-bond donors (Lipinski definition) is 0. The van der Waals surface area contributed by atoms with E-state index in [1.807, 2.05) is 71.7 Å². The molecule has 0 saturated heterocycles. The Morgan fingerprint density at radius 3 is 2.10 bits per heavy atom. The molecule has 0 N–H and O–H groups in total. The summed E-state index contributed by atoms with van der Waals surface area (Å²) in [5.41, 5.74) is 1.97. The molecule has 3 nitrogen and oxygen atoms in total. The number of amides is 1. The lowest BCUT2D eigenvalue weighted by Gasteiger charge is -2.30.